The van der Waals surface area contributed by atoms with Crippen LogP contribution < -0.4 is 0 Å². The molecule has 146 valence electrons. The van der Waals surface area contributed by atoms with E-state index >= 15 is 0 Å². The van der Waals surface area contributed by atoms with Crippen molar-refractivity contribution in [3.05, 3.63) is 90.3 Å². The lowest BCUT2D eigenvalue weighted by molar-refractivity contribution is 0.0652. The smallest absolute Gasteiger partial charge is 0.291 e. The Hall–Kier alpha value is -3.48. The second-order valence-corrected chi connectivity index (χ2v) is 7.34. The molecule has 4 aromatic rings. The summed E-state index contributed by atoms with van der Waals surface area (Å²) in [4.78, 5) is 23.1. The number of hydrogen-bond donors (Lipinski definition) is 0. The van der Waals surface area contributed by atoms with Gasteiger partial charge >= 0.3 is 0 Å². The summed E-state index contributed by atoms with van der Waals surface area (Å²) in [5.41, 5.74) is 2.40. The monoisotopic (exact) mass is 390 g/mol. The highest BCUT2D eigenvalue weighted by Crippen LogP contribution is 2.41. The van der Waals surface area contributed by atoms with Gasteiger partial charge in [-0.3, -0.25) is 4.79 Å². The maximum absolute atomic E-state index is 13.7. The van der Waals surface area contributed by atoms with Crippen LogP contribution in [0.5, 0.6) is 0 Å². The molecule has 1 fully saturated rings. The number of carbonyl (C=O) groups excluding carboxylic acids is 1. The number of likely N-dealkylation sites (tertiary alicyclic amines) is 1. The van der Waals surface area contributed by atoms with E-state index in [0.29, 0.717) is 31.6 Å². The van der Waals surface area contributed by atoms with E-state index in [4.69, 9.17) is 9.40 Å². The zero-order valence-electron chi connectivity index (χ0n) is 15.7. The predicted octanol–water partition coefficient (Wildman–Crippen LogP) is 3.68. The zero-order chi connectivity index (χ0) is 19.8. The molecule has 0 atom stereocenters. The molecule has 5 rings (SSSR count). The highest BCUT2D eigenvalue weighted by molar-refractivity contribution is 5.91. The number of amides is 1. The third-order valence-corrected chi connectivity index (χ3v) is 5.78. The van der Waals surface area contributed by atoms with Gasteiger partial charge in [-0.05, 0) is 30.5 Å². The number of aromatic nitrogens is 3. The fourth-order valence-electron chi connectivity index (χ4n) is 4.21. The van der Waals surface area contributed by atoms with Crippen molar-refractivity contribution in [2.75, 3.05) is 13.1 Å². The number of benzene rings is 1. The average Bonchev–Trinajstić information content (AvgIpc) is 3.44. The summed E-state index contributed by atoms with van der Waals surface area (Å²) in [6.45, 7) is 1.13. The number of halogens is 1. The standard InChI is InChI=1S/C22H19FN4O2/c23-17-6-7-20-25-19(14-27(20)13-17)22(16-4-2-1-3-5-16)8-10-26(11-9-22)21(28)18-12-24-15-29-18/h1-7,12-15H,8-11H2. The minimum Gasteiger partial charge on any atom is -0.438 e. The molecule has 0 N–H and O–H groups in total. The lowest BCUT2D eigenvalue weighted by Crippen LogP contribution is -2.46. The van der Waals surface area contributed by atoms with Crippen molar-refractivity contribution in [2.45, 2.75) is 18.3 Å². The fourth-order valence-corrected chi connectivity index (χ4v) is 4.21. The Labute approximate surface area is 166 Å². The first-order chi connectivity index (χ1) is 14.2. The number of piperidine rings is 1. The molecule has 0 unspecified atom stereocenters. The van der Waals surface area contributed by atoms with Gasteiger partial charge in [-0.25, -0.2) is 14.4 Å². The van der Waals surface area contributed by atoms with E-state index in [2.05, 4.69) is 17.1 Å². The van der Waals surface area contributed by atoms with Crippen molar-refractivity contribution in [2.24, 2.45) is 0 Å². The molecule has 0 bridgehead atoms. The van der Waals surface area contributed by atoms with Crippen LogP contribution in [0, 0.1) is 5.82 Å². The van der Waals surface area contributed by atoms with Gasteiger partial charge in [0.2, 0.25) is 5.76 Å². The molecule has 6 nitrogen and oxygen atoms in total. The first kappa shape index (κ1) is 17.6. The molecular weight excluding hydrogens is 371 g/mol. The van der Waals surface area contributed by atoms with E-state index in [-0.39, 0.29) is 22.9 Å². The van der Waals surface area contributed by atoms with Gasteiger partial charge in [-0.1, -0.05) is 30.3 Å². The Morgan fingerprint density at radius 3 is 2.59 bits per heavy atom. The maximum Gasteiger partial charge on any atom is 0.291 e. The highest BCUT2D eigenvalue weighted by atomic mass is 19.1. The number of imidazole rings is 1. The van der Waals surface area contributed by atoms with Crippen molar-refractivity contribution >= 4 is 11.6 Å². The summed E-state index contributed by atoms with van der Waals surface area (Å²) < 4.78 is 20.6. The molecule has 1 amide bonds. The van der Waals surface area contributed by atoms with Crippen LogP contribution in [0.2, 0.25) is 0 Å². The van der Waals surface area contributed by atoms with Crippen molar-refractivity contribution in [3.8, 4) is 0 Å². The minimum absolute atomic E-state index is 0.152. The molecule has 7 heteroatoms. The first-order valence-corrected chi connectivity index (χ1v) is 9.54. The maximum atomic E-state index is 13.7. The van der Waals surface area contributed by atoms with Crippen LogP contribution in [0.4, 0.5) is 4.39 Å². The van der Waals surface area contributed by atoms with Gasteiger partial charge in [0.25, 0.3) is 5.91 Å². The Morgan fingerprint density at radius 1 is 1.07 bits per heavy atom. The molecule has 1 aliphatic heterocycles. The van der Waals surface area contributed by atoms with Crippen molar-refractivity contribution < 1.29 is 13.6 Å². The second kappa shape index (κ2) is 6.84. The molecule has 1 aromatic carbocycles. The topological polar surface area (TPSA) is 63.6 Å². The lowest BCUT2D eigenvalue weighted by Gasteiger charge is -2.41. The lowest BCUT2D eigenvalue weighted by atomic mass is 9.70. The highest BCUT2D eigenvalue weighted by Gasteiger charge is 2.41. The molecule has 4 heterocycles. The quantitative estimate of drug-likeness (QED) is 0.535. The minimum atomic E-state index is -0.345. The summed E-state index contributed by atoms with van der Waals surface area (Å²) in [6.07, 6.45) is 7.47. The Morgan fingerprint density at radius 2 is 1.86 bits per heavy atom. The molecule has 29 heavy (non-hydrogen) atoms. The number of oxazole rings is 1. The molecule has 0 saturated carbocycles. The van der Waals surface area contributed by atoms with Crippen molar-refractivity contribution in [3.63, 3.8) is 0 Å². The van der Waals surface area contributed by atoms with Gasteiger partial charge in [-0.2, -0.15) is 0 Å². The van der Waals surface area contributed by atoms with E-state index in [0.717, 1.165) is 11.3 Å². The molecule has 0 spiro atoms. The Kier molecular flexibility index (Phi) is 4.16. The van der Waals surface area contributed by atoms with Crippen molar-refractivity contribution in [1.29, 1.82) is 0 Å². The van der Waals surface area contributed by atoms with Gasteiger partial charge in [0.1, 0.15) is 11.5 Å². The van der Waals surface area contributed by atoms with E-state index in [1.165, 1.54) is 24.9 Å². The largest absolute Gasteiger partial charge is 0.438 e. The molecule has 1 aliphatic rings. The number of pyridine rings is 1. The third-order valence-electron chi connectivity index (χ3n) is 5.78. The van der Waals surface area contributed by atoms with Gasteiger partial charge in [-0.15, -0.1) is 0 Å². The summed E-state index contributed by atoms with van der Waals surface area (Å²) in [6, 6.07) is 13.3. The normalized spacial score (nSPS) is 16.2. The zero-order valence-corrected chi connectivity index (χ0v) is 15.7. The Bertz CT molecular complexity index is 1150. The van der Waals surface area contributed by atoms with E-state index in [1.54, 1.807) is 15.4 Å². The number of carbonyl (C=O) groups is 1. The Balaban J connectivity index is 1.52. The SMILES string of the molecule is O=C(c1cnco1)N1CCC(c2ccccc2)(c2cn3cc(F)ccc3n2)CC1. The number of fused-ring (bicyclic) bond motifs is 1. The fraction of sp³-hybridized carbons (Fsp3) is 0.227. The van der Waals surface area contributed by atoms with Crippen LogP contribution >= 0.6 is 0 Å². The van der Waals surface area contributed by atoms with E-state index < -0.39 is 0 Å². The van der Waals surface area contributed by atoms with Crippen LogP contribution in [0.15, 0.2) is 71.9 Å². The summed E-state index contributed by atoms with van der Waals surface area (Å²) in [5.74, 6) is -0.204. The second-order valence-electron chi connectivity index (χ2n) is 7.34. The van der Waals surface area contributed by atoms with Crippen LogP contribution in [-0.2, 0) is 5.41 Å². The first-order valence-electron chi connectivity index (χ1n) is 9.54. The summed E-state index contributed by atoms with van der Waals surface area (Å²) >= 11 is 0. The third kappa shape index (κ3) is 2.99. The van der Waals surface area contributed by atoms with Gasteiger partial charge in [0.05, 0.1) is 11.9 Å². The molecule has 0 aliphatic carbocycles. The summed E-state index contributed by atoms with van der Waals surface area (Å²) in [5, 5.41) is 0. The van der Waals surface area contributed by atoms with Crippen LogP contribution in [0.3, 0.4) is 0 Å². The van der Waals surface area contributed by atoms with E-state index in [9.17, 15) is 9.18 Å². The van der Waals surface area contributed by atoms with Gasteiger partial charge < -0.3 is 13.7 Å². The number of hydrogen-bond acceptors (Lipinski definition) is 4. The molecular formula is C22H19FN4O2. The summed E-state index contributed by atoms with van der Waals surface area (Å²) in [7, 11) is 0. The number of rotatable bonds is 3. The molecule has 3 aromatic heterocycles. The molecule has 0 radical (unpaired) electrons. The van der Waals surface area contributed by atoms with E-state index in [1.807, 2.05) is 24.4 Å². The van der Waals surface area contributed by atoms with Crippen molar-refractivity contribution in [1.82, 2.24) is 19.3 Å². The average molecular weight is 390 g/mol. The van der Waals surface area contributed by atoms with Gasteiger partial charge in [0, 0.05) is 30.9 Å². The van der Waals surface area contributed by atoms with Gasteiger partial charge in [0.15, 0.2) is 6.39 Å². The van der Waals surface area contributed by atoms with Crippen LogP contribution in [0.1, 0.15) is 34.7 Å². The van der Waals surface area contributed by atoms with Crippen LogP contribution in [-0.4, -0.2) is 38.3 Å². The predicted molar refractivity (Wildman–Crippen MR) is 104 cm³/mol. The van der Waals surface area contributed by atoms with Crippen LogP contribution in [0.25, 0.3) is 5.65 Å². The number of nitrogens with zero attached hydrogens (tertiary/aromatic N) is 4. The molecule has 1 saturated heterocycles.